The van der Waals surface area contributed by atoms with Gasteiger partial charge in [0.2, 0.25) is 0 Å². The minimum Gasteiger partial charge on any atom is -0.321 e. The van der Waals surface area contributed by atoms with E-state index in [9.17, 15) is 0 Å². The number of rotatable bonds is 7. The van der Waals surface area contributed by atoms with Crippen LogP contribution in [0, 0.1) is 12.7 Å². The Hall–Kier alpha value is -5.29. The van der Waals surface area contributed by atoms with Gasteiger partial charge in [-0.3, -0.25) is 15.1 Å². The maximum Gasteiger partial charge on any atom is 0.161 e. The van der Waals surface area contributed by atoms with E-state index in [0.29, 0.717) is 40.3 Å². The second kappa shape index (κ2) is 9.79. The minimum atomic E-state index is -0.503. The fourth-order valence-electron chi connectivity index (χ4n) is 4.78. The van der Waals surface area contributed by atoms with Gasteiger partial charge >= 0.3 is 0 Å². The highest BCUT2D eigenvalue weighted by atomic mass is 19.1. The van der Waals surface area contributed by atoms with Crippen molar-refractivity contribution in [2.45, 2.75) is 20.0 Å². The van der Waals surface area contributed by atoms with Crippen LogP contribution in [0.2, 0.25) is 0 Å². The molecular weight excluding hydrogens is 507 g/mol. The summed E-state index contributed by atoms with van der Waals surface area (Å²) in [5, 5.41) is 11.0. The van der Waals surface area contributed by atoms with Gasteiger partial charge in [-0.25, -0.2) is 19.3 Å². The molecule has 0 radical (unpaired) electrons. The molecule has 0 atom stereocenters. The van der Waals surface area contributed by atoms with E-state index >= 15 is 4.39 Å². The Labute approximate surface area is 227 Å². The van der Waals surface area contributed by atoms with Gasteiger partial charge in [0.15, 0.2) is 17.3 Å². The lowest BCUT2D eigenvalue weighted by Crippen LogP contribution is -2.12. The monoisotopic (exact) mass is 530 g/mol. The van der Waals surface area contributed by atoms with Crippen LogP contribution in [0.1, 0.15) is 16.8 Å². The van der Waals surface area contributed by atoms with E-state index in [1.54, 1.807) is 31.1 Å². The molecule has 0 amide bonds. The van der Waals surface area contributed by atoms with Crippen LogP contribution >= 0.6 is 0 Å². The summed E-state index contributed by atoms with van der Waals surface area (Å²) in [6.45, 7) is 3.22. The van der Waals surface area contributed by atoms with Crippen LogP contribution in [0.3, 0.4) is 0 Å². The molecule has 3 N–H and O–H groups in total. The van der Waals surface area contributed by atoms with E-state index in [1.165, 1.54) is 5.56 Å². The first kappa shape index (κ1) is 23.8. The molecule has 0 aliphatic carbocycles. The lowest BCUT2D eigenvalue weighted by molar-refractivity contribution is 0.638. The van der Waals surface area contributed by atoms with Gasteiger partial charge in [0.1, 0.15) is 16.9 Å². The van der Waals surface area contributed by atoms with Crippen molar-refractivity contribution in [3.8, 4) is 28.5 Å². The topological polar surface area (TPSA) is 126 Å². The molecule has 1 aromatic carbocycles. The molecule has 40 heavy (non-hydrogen) atoms. The van der Waals surface area contributed by atoms with Crippen LogP contribution < -0.4 is 5.32 Å². The lowest BCUT2D eigenvalue weighted by atomic mass is 10.1. The fraction of sp³-hybridized carbons (Fsp3) is 0.103. The summed E-state index contributed by atoms with van der Waals surface area (Å²) < 4.78 is 18.0. The average molecular weight is 531 g/mol. The molecule has 10 nitrogen and oxygen atoms in total. The highest BCUT2D eigenvalue weighted by Gasteiger charge is 2.21. The first-order valence-electron chi connectivity index (χ1n) is 12.7. The third-order valence-electron chi connectivity index (χ3n) is 6.69. The van der Waals surface area contributed by atoms with Crippen LogP contribution in [0.25, 0.3) is 50.5 Å². The van der Waals surface area contributed by atoms with Crippen molar-refractivity contribution in [2.24, 2.45) is 0 Å². The number of benzene rings is 1. The first-order valence-corrected chi connectivity index (χ1v) is 12.7. The van der Waals surface area contributed by atoms with Crippen molar-refractivity contribution in [1.29, 1.82) is 0 Å². The van der Waals surface area contributed by atoms with E-state index < -0.39 is 5.82 Å². The van der Waals surface area contributed by atoms with Crippen LogP contribution in [0.5, 0.6) is 0 Å². The van der Waals surface area contributed by atoms with Crippen LogP contribution in [0.15, 0.2) is 79.8 Å². The maximum absolute atomic E-state index is 16.1. The Morgan fingerprint density at radius 3 is 2.67 bits per heavy atom. The van der Waals surface area contributed by atoms with Gasteiger partial charge in [-0.05, 0) is 30.2 Å². The zero-order valence-corrected chi connectivity index (χ0v) is 21.4. The molecule has 0 aliphatic rings. The summed E-state index contributed by atoms with van der Waals surface area (Å²) in [7, 11) is 0. The molecule has 6 aromatic heterocycles. The highest BCUT2D eigenvalue weighted by molar-refractivity contribution is 5.95. The predicted molar refractivity (Wildman–Crippen MR) is 149 cm³/mol. The Bertz CT molecular complexity index is 1970. The normalized spacial score (nSPS) is 11.6. The van der Waals surface area contributed by atoms with Crippen LogP contribution in [0.4, 0.5) is 4.39 Å². The number of pyridine rings is 3. The van der Waals surface area contributed by atoms with Gasteiger partial charge in [-0.2, -0.15) is 5.10 Å². The van der Waals surface area contributed by atoms with Crippen LogP contribution in [-0.2, 0) is 13.1 Å². The number of aromatic amines is 2. The molecule has 0 bridgehead atoms. The van der Waals surface area contributed by atoms with E-state index in [0.717, 1.165) is 23.5 Å². The summed E-state index contributed by atoms with van der Waals surface area (Å²) in [6.07, 6.45) is 10.3. The van der Waals surface area contributed by atoms with Gasteiger partial charge in [-0.15, -0.1) is 0 Å². The Kier molecular flexibility index (Phi) is 5.82. The number of aryl methyl sites for hydroxylation is 1. The van der Waals surface area contributed by atoms with Gasteiger partial charge in [0.25, 0.3) is 0 Å². The van der Waals surface area contributed by atoms with Crippen LogP contribution in [-0.4, -0.2) is 44.7 Å². The molecule has 6 heterocycles. The number of hydrogen-bond donors (Lipinski definition) is 3. The zero-order chi connectivity index (χ0) is 27.1. The molecule has 196 valence electrons. The lowest BCUT2D eigenvalue weighted by Gasteiger charge is -2.08. The first-order chi connectivity index (χ1) is 19.6. The largest absolute Gasteiger partial charge is 0.321 e. The number of halogens is 1. The van der Waals surface area contributed by atoms with E-state index in [1.807, 2.05) is 48.0 Å². The molecule has 0 spiro atoms. The minimum absolute atomic E-state index is 0.191. The van der Waals surface area contributed by atoms with Crippen molar-refractivity contribution < 1.29 is 4.39 Å². The molecule has 7 rings (SSSR count). The zero-order valence-electron chi connectivity index (χ0n) is 21.4. The number of imidazole rings is 2. The standard InChI is InChI=1S/C29H23FN10/c1-17-15-40(16-35-17)22-7-8-33-28-26(22)36-29(37-28)27-23-21(38-39-27)14-34-25(24(23)30)20-9-19(12-32-13-20)11-31-10-18-5-3-2-4-6-18/h2-9,12-16,31H,10-11H2,1H3,(H,38,39)(H,33,36,37). The Morgan fingerprint density at radius 2 is 1.82 bits per heavy atom. The third kappa shape index (κ3) is 4.28. The smallest absolute Gasteiger partial charge is 0.161 e. The predicted octanol–water partition coefficient (Wildman–Crippen LogP) is 4.88. The molecule has 0 unspecified atom stereocenters. The van der Waals surface area contributed by atoms with Gasteiger partial charge < -0.3 is 14.9 Å². The molecule has 7 aromatic rings. The second-order valence-electron chi connectivity index (χ2n) is 9.49. The molecular formula is C29H23FN10. The Morgan fingerprint density at radius 1 is 0.950 bits per heavy atom. The summed E-state index contributed by atoms with van der Waals surface area (Å²) in [5.74, 6) is -0.109. The van der Waals surface area contributed by atoms with Crippen molar-refractivity contribution in [3.63, 3.8) is 0 Å². The molecule has 11 heteroatoms. The molecule has 0 saturated carbocycles. The van der Waals surface area contributed by atoms with Gasteiger partial charge in [0, 0.05) is 43.4 Å². The van der Waals surface area contributed by atoms with Gasteiger partial charge in [0.05, 0.1) is 34.8 Å². The number of aromatic nitrogens is 9. The fourth-order valence-corrected chi connectivity index (χ4v) is 4.78. The number of nitrogens with one attached hydrogen (secondary N) is 3. The van der Waals surface area contributed by atoms with E-state index in [4.69, 9.17) is 4.98 Å². The highest BCUT2D eigenvalue weighted by Crippen LogP contribution is 2.33. The SMILES string of the molecule is Cc1cn(-c2ccnc3[nH]c(-c4n[nH]c5cnc(-c6cncc(CNCc7ccccc7)c6)c(F)c45)nc23)cn1. The van der Waals surface area contributed by atoms with E-state index in [-0.39, 0.29) is 11.1 Å². The maximum atomic E-state index is 16.1. The summed E-state index contributed by atoms with van der Waals surface area (Å²) in [6, 6.07) is 13.9. The number of fused-ring (bicyclic) bond motifs is 2. The average Bonchev–Trinajstić information content (AvgIpc) is 3.72. The summed E-state index contributed by atoms with van der Waals surface area (Å²) in [5.41, 5.74) is 6.56. The quantitative estimate of drug-likeness (QED) is 0.268. The molecule has 0 saturated heterocycles. The summed E-state index contributed by atoms with van der Waals surface area (Å²) in [4.78, 5) is 25.4. The van der Waals surface area contributed by atoms with Gasteiger partial charge in [-0.1, -0.05) is 30.3 Å². The third-order valence-corrected chi connectivity index (χ3v) is 6.69. The number of H-pyrrole nitrogens is 2. The van der Waals surface area contributed by atoms with Crippen molar-refractivity contribution in [1.82, 2.24) is 50.0 Å². The number of hydrogen-bond acceptors (Lipinski definition) is 7. The van der Waals surface area contributed by atoms with E-state index in [2.05, 4.69) is 52.6 Å². The van der Waals surface area contributed by atoms with Crippen molar-refractivity contribution >= 4 is 22.1 Å². The second-order valence-corrected chi connectivity index (χ2v) is 9.49. The Balaban J connectivity index is 1.23. The van der Waals surface area contributed by atoms with Crippen molar-refractivity contribution in [2.75, 3.05) is 0 Å². The molecule has 0 fully saturated rings. The summed E-state index contributed by atoms with van der Waals surface area (Å²) >= 11 is 0. The van der Waals surface area contributed by atoms with Crippen molar-refractivity contribution in [3.05, 3.63) is 102 Å². The molecule has 0 aliphatic heterocycles. The number of nitrogens with zero attached hydrogens (tertiary/aromatic N) is 7.